The zero-order chi connectivity index (χ0) is 15.4. The number of benzene rings is 1. The molecule has 1 aromatic carbocycles. The summed E-state index contributed by atoms with van der Waals surface area (Å²) in [4.78, 5) is 26.5. The Morgan fingerprint density at radius 1 is 1.33 bits per heavy atom. The topological polar surface area (TPSA) is 49.4 Å². The highest BCUT2D eigenvalue weighted by molar-refractivity contribution is 8.29. The lowest BCUT2D eigenvalue weighted by atomic mass is 10.2. The molecule has 2 amide bonds. The van der Waals surface area contributed by atoms with Gasteiger partial charge in [-0.3, -0.25) is 4.79 Å². The minimum Gasteiger partial charge on any atom is -0.314 e. The molecule has 4 nitrogen and oxygen atoms in total. The van der Waals surface area contributed by atoms with Crippen LogP contribution in [0.25, 0.3) is 0 Å². The van der Waals surface area contributed by atoms with Gasteiger partial charge in [-0.25, -0.2) is 4.79 Å². The highest BCUT2D eigenvalue weighted by Gasteiger charge is 2.34. The first-order chi connectivity index (χ1) is 10.0. The van der Waals surface area contributed by atoms with Gasteiger partial charge in [0.25, 0.3) is 0 Å². The van der Waals surface area contributed by atoms with Crippen molar-refractivity contribution in [1.82, 2.24) is 4.90 Å². The van der Waals surface area contributed by atoms with Crippen molar-refractivity contribution >= 4 is 27.7 Å². The molecule has 1 N–H and O–H groups in total. The number of nitrogens with zero attached hydrogens (tertiary/aromatic N) is 1. The van der Waals surface area contributed by atoms with E-state index in [-0.39, 0.29) is 17.2 Å². The van der Waals surface area contributed by atoms with Crippen LogP contribution in [0.5, 0.6) is 0 Å². The maximum Gasteiger partial charge on any atom is 0.322 e. The molecule has 1 aromatic rings. The van der Waals surface area contributed by atoms with Gasteiger partial charge < -0.3 is 10.2 Å². The third-order valence-electron chi connectivity index (χ3n) is 3.95. The van der Waals surface area contributed by atoms with Crippen molar-refractivity contribution in [1.29, 1.82) is 0 Å². The van der Waals surface area contributed by atoms with Gasteiger partial charge in [0.05, 0.1) is 0 Å². The molecule has 1 heterocycles. The van der Waals surface area contributed by atoms with E-state index < -0.39 is 10.9 Å². The van der Waals surface area contributed by atoms with E-state index in [1.54, 1.807) is 4.90 Å². The number of thiol groups is 1. The van der Waals surface area contributed by atoms with Crippen molar-refractivity contribution in [3.05, 3.63) is 29.8 Å². The summed E-state index contributed by atoms with van der Waals surface area (Å²) in [5, 5.41) is 3.15. The summed E-state index contributed by atoms with van der Waals surface area (Å²) in [5.41, 5.74) is 1.93. The summed E-state index contributed by atoms with van der Waals surface area (Å²) in [6, 6.07) is 7.31. The second-order valence-electron chi connectivity index (χ2n) is 5.50. The zero-order valence-electron chi connectivity index (χ0n) is 12.9. The average Bonchev–Trinajstić information content (AvgIpc) is 2.97. The third kappa shape index (κ3) is 3.79. The quantitative estimate of drug-likeness (QED) is 0.843. The molecular weight excluding hydrogens is 284 g/mol. The van der Waals surface area contributed by atoms with Crippen LogP contribution in [-0.2, 0) is 4.79 Å². The summed E-state index contributed by atoms with van der Waals surface area (Å²) in [6.07, 6.45) is 3.71. The Morgan fingerprint density at radius 3 is 2.62 bits per heavy atom. The van der Waals surface area contributed by atoms with E-state index in [0.717, 1.165) is 29.8 Å². The molecule has 5 heteroatoms. The summed E-state index contributed by atoms with van der Waals surface area (Å²) >= 11 is 0. The first kappa shape index (κ1) is 15.9. The normalized spacial score (nSPS) is 20.2. The highest BCUT2D eigenvalue weighted by Crippen LogP contribution is 2.30. The number of hydrogen-bond acceptors (Lipinski definition) is 2. The lowest BCUT2D eigenvalue weighted by Gasteiger charge is -2.27. The van der Waals surface area contributed by atoms with Gasteiger partial charge >= 0.3 is 6.03 Å². The highest BCUT2D eigenvalue weighted by atomic mass is 32.2. The predicted octanol–water partition coefficient (Wildman–Crippen LogP) is 3.17. The number of aryl methyl sites for hydroxylation is 1. The second-order valence-corrected chi connectivity index (χ2v) is 7.97. The molecule has 1 saturated heterocycles. The Balaban J connectivity index is 2.03. The maximum absolute atomic E-state index is 12.4. The fourth-order valence-electron chi connectivity index (χ4n) is 2.51. The van der Waals surface area contributed by atoms with E-state index in [2.05, 4.69) is 5.32 Å². The number of likely N-dealkylation sites (tertiary alicyclic amines) is 1. The van der Waals surface area contributed by atoms with E-state index in [0.29, 0.717) is 6.54 Å². The summed E-state index contributed by atoms with van der Waals surface area (Å²) in [6.45, 7) is 4.71. The molecule has 1 aliphatic heterocycles. The molecule has 0 aromatic heterocycles. The van der Waals surface area contributed by atoms with Gasteiger partial charge in [0, 0.05) is 12.2 Å². The Kier molecular flexibility index (Phi) is 5.28. The van der Waals surface area contributed by atoms with Crippen molar-refractivity contribution in [2.75, 3.05) is 23.9 Å². The summed E-state index contributed by atoms with van der Waals surface area (Å²) in [7, 11) is -0.626. The molecule has 116 valence electrons. The molecule has 21 heavy (non-hydrogen) atoms. The van der Waals surface area contributed by atoms with Crippen LogP contribution >= 0.6 is 10.9 Å². The Hall–Kier alpha value is -1.49. The van der Waals surface area contributed by atoms with Crippen molar-refractivity contribution in [2.24, 2.45) is 0 Å². The fraction of sp³-hybridized carbons (Fsp3) is 0.500. The third-order valence-corrected chi connectivity index (χ3v) is 5.95. The van der Waals surface area contributed by atoms with Crippen LogP contribution in [0, 0.1) is 6.92 Å². The van der Waals surface area contributed by atoms with Gasteiger partial charge in [-0.1, -0.05) is 24.6 Å². The second kappa shape index (κ2) is 6.98. The van der Waals surface area contributed by atoms with Gasteiger partial charge in [-0.2, -0.15) is 10.9 Å². The smallest absolute Gasteiger partial charge is 0.314 e. The SMILES string of the molecule is CC[SH](C)C(=O)[C@@H]1CCCN1C(=O)Nc1ccc(C)cc1. The van der Waals surface area contributed by atoms with Gasteiger partial charge in [0.1, 0.15) is 6.04 Å². The number of carbonyl (C=O) groups excluding carboxylic acids is 2. The lowest BCUT2D eigenvalue weighted by Crippen LogP contribution is -2.42. The first-order valence-electron chi connectivity index (χ1n) is 7.42. The van der Waals surface area contributed by atoms with Crippen molar-refractivity contribution in [2.45, 2.75) is 32.7 Å². The molecule has 0 saturated carbocycles. The first-order valence-corrected chi connectivity index (χ1v) is 9.39. The average molecular weight is 308 g/mol. The molecule has 0 bridgehead atoms. The van der Waals surface area contributed by atoms with Gasteiger partial charge in [0.15, 0.2) is 5.12 Å². The summed E-state index contributed by atoms with van der Waals surface area (Å²) in [5.74, 6) is 0.887. The van der Waals surface area contributed by atoms with Crippen molar-refractivity contribution in [3.8, 4) is 0 Å². The summed E-state index contributed by atoms with van der Waals surface area (Å²) < 4.78 is 0. The number of rotatable bonds is 3. The monoisotopic (exact) mass is 308 g/mol. The van der Waals surface area contributed by atoms with Crippen molar-refractivity contribution < 1.29 is 9.59 Å². The molecule has 1 fully saturated rings. The number of urea groups is 1. The van der Waals surface area contributed by atoms with E-state index in [1.165, 1.54) is 0 Å². The van der Waals surface area contributed by atoms with Crippen LogP contribution in [0.15, 0.2) is 24.3 Å². The van der Waals surface area contributed by atoms with Crippen LogP contribution in [0.2, 0.25) is 0 Å². The minimum atomic E-state index is -0.626. The molecule has 1 aliphatic rings. The lowest BCUT2D eigenvalue weighted by molar-refractivity contribution is -0.114. The van der Waals surface area contributed by atoms with Crippen LogP contribution in [0.3, 0.4) is 0 Å². The Morgan fingerprint density at radius 2 is 2.00 bits per heavy atom. The number of amides is 2. The van der Waals surface area contributed by atoms with Gasteiger partial charge in [-0.05, 0) is 43.9 Å². The van der Waals surface area contributed by atoms with Crippen LogP contribution in [-0.4, -0.2) is 40.6 Å². The standard InChI is InChI=1S/C16H24N2O2S/c1-4-21(3)15(19)14-6-5-11-18(14)16(20)17-13-9-7-12(2)8-10-13/h7-10,14,21H,4-6,11H2,1-3H3,(H,17,20)/t14-/m0/s1. The predicted molar refractivity (Wildman–Crippen MR) is 90.4 cm³/mol. The van der Waals surface area contributed by atoms with E-state index in [1.807, 2.05) is 44.4 Å². The number of anilines is 1. The zero-order valence-corrected chi connectivity index (χ0v) is 13.8. The minimum absolute atomic E-state index is 0.158. The fourth-order valence-corrected chi connectivity index (χ4v) is 3.60. The molecule has 0 radical (unpaired) electrons. The largest absolute Gasteiger partial charge is 0.322 e. The van der Waals surface area contributed by atoms with Crippen LogP contribution < -0.4 is 5.32 Å². The Bertz CT molecular complexity index is 516. The number of hydrogen-bond donors (Lipinski definition) is 2. The van der Waals surface area contributed by atoms with E-state index in [4.69, 9.17) is 0 Å². The number of carbonyl (C=O) groups is 2. The van der Waals surface area contributed by atoms with E-state index >= 15 is 0 Å². The van der Waals surface area contributed by atoms with Gasteiger partial charge in [0.2, 0.25) is 0 Å². The molecule has 1 unspecified atom stereocenters. The maximum atomic E-state index is 12.4. The van der Waals surface area contributed by atoms with E-state index in [9.17, 15) is 9.59 Å². The van der Waals surface area contributed by atoms with Gasteiger partial charge in [-0.15, -0.1) is 0 Å². The Labute approximate surface area is 129 Å². The number of nitrogens with one attached hydrogen (secondary N) is 1. The molecule has 2 atom stereocenters. The molecule has 2 rings (SSSR count). The molecule has 0 spiro atoms. The molecule has 0 aliphatic carbocycles. The van der Waals surface area contributed by atoms with Crippen LogP contribution in [0.4, 0.5) is 10.5 Å². The molecular formula is C16H24N2O2S. The van der Waals surface area contributed by atoms with Crippen LogP contribution in [0.1, 0.15) is 25.3 Å². The van der Waals surface area contributed by atoms with Crippen molar-refractivity contribution in [3.63, 3.8) is 0 Å².